The Morgan fingerprint density at radius 1 is 1.19 bits per heavy atom. The van der Waals surface area contributed by atoms with Crippen LogP contribution in [-0.2, 0) is 6.54 Å². The van der Waals surface area contributed by atoms with Crippen LogP contribution in [0.5, 0.6) is 5.75 Å². The first-order chi connectivity index (χ1) is 15.6. The van der Waals surface area contributed by atoms with Gasteiger partial charge in [-0.3, -0.25) is 0 Å². The minimum Gasteiger partial charge on any atom is -0.493 e. The second-order valence-corrected chi connectivity index (χ2v) is 7.02. The van der Waals surface area contributed by atoms with Crippen molar-refractivity contribution in [1.82, 2.24) is 14.5 Å². The number of carbonyl (C=O) groups is 1. The first-order valence-electron chi connectivity index (χ1n) is 10.2. The summed E-state index contributed by atoms with van der Waals surface area (Å²) in [6, 6.07) is 18.7. The van der Waals surface area contributed by atoms with E-state index in [2.05, 4.69) is 21.4 Å². The van der Waals surface area contributed by atoms with Gasteiger partial charge in [-0.15, -0.1) is 0 Å². The van der Waals surface area contributed by atoms with E-state index in [0.717, 1.165) is 16.5 Å². The van der Waals surface area contributed by atoms with Gasteiger partial charge in [-0.05, 0) is 31.2 Å². The Bertz CT molecular complexity index is 1320. The molecular formula is C24H21N5O3. The lowest BCUT2D eigenvalue weighted by Gasteiger charge is -2.11. The molecular weight excluding hydrogens is 406 g/mol. The van der Waals surface area contributed by atoms with Crippen LogP contribution < -0.4 is 10.1 Å². The zero-order chi connectivity index (χ0) is 22.5. The molecule has 0 radical (unpaired) electrons. The number of rotatable bonds is 8. The number of carboxylic acids is 1. The Kier molecular flexibility index (Phi) is 5.99. The van der Waals surface area contributed by atoms with Crippen molar-refractivity contribution in [2.45, 2.75) is 13.5 Å². The summed E-state index contributed by atoms with van der Waals surface area (Å²) in [7, 11) is 0. The van der Waals surface area contributed by atoms with E-state index >= 15 is 0 Å². The Labute approximate surface area is 184 Å². The van der Waals surface area contributed by atoms with Gasteiger partial charge in [-0.2, -0.15) is 5.26 Å². The van der Waals surface area contributed by atoms with Crippen molar-refractivity contribution < 1.29 is 14.6 Å². The molecule has 0 spiro atoms. The number of hydrogen-bond donors (Lipinski definition) is 2. The molecule has 2 aromatic heterocycles. The molecule has 2 N–H and O–H groups in total. The molecule has 0 bridgehead atoms. The summed E-state index contributed by atoms with van der Waals surface area (Å²) in [6.07, 6.45) is 1.45. The largest absolute Gasteiger partial charge is 0.493 e. The van der Waals surface area contributed by atoms with Crippen LogP contribution in [0.25, 0.3) is 22.2 Å². The fourth-order valence-electron chi connectivity index (χ4n) is 3.58. The first-order valence-corrected chi connectivity index (χ1v) is 10.2. The van der Waals surface area contributed by atoms with E-state index < -0.39 is 5.97 Å². The van der Waals surface area contributed by atoms with E-state index in [4.69, 9.17) is 4.74 Å². The first kappa shape index (κ1) is 20.9. The van der Waals surface area contributed by atoms with Gasteiger partial charge in [0.2, 0.25) is 0 Å². The maximum Gasteiger partial charge on any atom is 0.339 e. The van der Waals surface area contributed by atoms with Crippen LogP contribution in [0.4, 0.5) is 5.82 Å². The van der Waals surface area contributed by atoms with Gasteiger partial charge in [-0.1, -0.05) is 24.3 Å². The van der Waals surface area contributed by atoms with Crippen LogP contribution >= 0.6 is 0 Å². The number of anilines is 1. The molecule has 8 nitrogen and oxygen atoms in total. The molecule has 0 amide bonds. The SMILES string of the molecule is CCOc1cc(-c2cc(NCCn3c(C#N)cc4ccccc43)ncn2)ccc1C(=O)O. The number of carboxylic acid groups (broad SMARTS) is 1. The highest BCUT2D eigenvalue weighted by Crippen LogP contribution is 2.27. The van der Waals surface area contributed by atoms with E-state index in [0.29, 0.717) is 42.7 Å². The molecule has 4 aromatic rings. The summed E-state index contributed by atoms with van der Waals surface area (Å²) in [4.78, 5) is 20.0. The number of para-hydroxylation sites is 1. The van der Waals surface area contributed by atoms with E-state index in [1.165, 1.54) is 12.4 Å². The average Bonchev–Trinajstić information content (AvgIpc) is 3.17. The minimum atomic E-state index is -1.04. The molecule has 0 aliphatic rings. The molecule has 0 saturated carbocycles. The normalized spacial score (nSPS) is 10.6. The highest BCUT2D eigenvalue weighted by Gasteiger charge is 2.14. The predicted molar refractivity (Wildman–Crippen MR) is 121 cm³/mol. The number of nitrogens with zero attached hydrogens (tertiary/aromatic N) is 4. The monoisotopic (exact) mass is 427 g/mol. The fourth-order valence-corrected chi connectivity index (χ4v) is 3.58. The molecule has 2 aromatic carbocycles. The number of nitrogens with one attached hydrogen (secondary N) is 1. The van der Waals surface area contributed by atoms with Gasteiger partial charge in [0, 0.05) is 35.6 Å². The summed E-state index contributed by atoms with van der Waals surface area (Å²) in [5.41, 5.74) is 3.10. The lowest BCUT2D eigenvalue weighted by molar-refractivity contribution is 0.0692. The molecule has 8 heteroatoms. The number of aromatic carboxylic acids is 1. The van der Waals surface area contributed by atoms with Crippen LogP contribution in [0.1, 0.15) is 23.0 Å². The molecule has 32 heavy (non-hydrogen) atoms. The third-order valence-corrected chi connectivity index (χ3v) is 5.04. The summed E-state index contributed by atoms with van der Waals surface area (Å²) in [5, 5.41) is 23.1. The number of benzene rings is 2. The topological polar surface area (TPSA) is 113 Å². The van der Waals surface area contributed by atoms with Gasteiger partial charge in [0.05, 0.1) is 12.3 Å². The number of fused-ring (bicyclic) bond motifs is 1. The van der Waals surface area contributed by atoms with Crippen LogP contribution in [0.3, 0.4) is 0 Å². The molecule has 2 heterocycles. The Morgan fingerprint density at radius 2 is 2.03 bits per heavy atom. The molecule has 0 saturated heterocycles. The summed E-state index contributed by atoms with van der Waals surface area (Å²) in [5.74, 6) is -0.112. The number of ether oxygens (including phenoxy) is 1. The zero-order valence-corrected chi connectivity index (χ0v) is 17.4. The lowest BCUT2D eigenvalue weighted by atomic mass is 10.1. The third kappa shape index (κ3) is 4.23. The maximum absolute atomic E-state index is 11.4. The lowest BCUT2D eigenvalue weighted by Crippen LogP contribution is -2.12. The van der Waals surface area contributed by atoms with Crippen molar-refractivity contribution in [1.29, 1.82) is 5.26 Å². The van der Waals surface area contributed by atoms with Gasteiger partial charge in [0.15, 0.2) is 0 Å². The van der Waals surface area contributed by atoms with Crippen molar-refractivity contribution >= 4 is 22.7 Å². The second kappa shape index (κ2) is 9.18. The van der Waals surface area contributed by atoms with Crippen LogP contribution in [0.15, 0.2) is 60.9 Å². The second-order valence-electron chi connectivity index (χ2n) is 7.02. The van der Waals surface area contributed by atoms with Crippen LogP contribution in [-0.4, -0.2) is 38.8 Å². The molecule has 0 unspecified atom stereocenters. The quantitative estimate of drug-likeness (QED) is 0.434. The Balaban J connectivity index is 1.52. The van der Waals surface area contributed by atoms with Gasteiger partial charge in [0.1, 0.15) is 35.2 Å². The average molecular weight is 427 g/mol. The standard InChI is InChI=1S/C24H21N5O3/c1-2-32-22-12-16(7-8-19(22)24(30)31)20-13-23(28-15-27-20)26-9-10-29-18(14-25)11-17-5-3-4-6-21(17)29/h3-8,11-13,15H,2,9-10H2,1H3,(H,30,31)(H,26,27,28). The summed E-state index contributed by atoms with van der Waals surface area (Å²) >= 11 is 0. The molecule has 4 rings (SSSR count). The van der Waals surface area contributed by atoms with Crippen molar-refractivity contribution in [3.05, 3.63) is 72.2 Å². The maximum atomic E-state index is 11.4. The summed E-state index contributed by atoms with van der Waals surface area (Å²) in [6.45, 7) is 3.32. The highest BCUT2D eigenvalue weighted by molar-refractivity contribution is 5.92. The van der Waals surface area contributed by atoms with Crippen LogP contribution in [0.2, 0.25) is 0 Å². The number of aromatic nitrogens is 3. The number of hydrogen-bond acceptors (Lipinski definition) is 6. The van der Waals surface area contributed by atoms with E-state index in [9.17, 15) is 15.2 Å². The smallest absolute Gasteiger partial charge is 0.339 e. The molecule has 0 aliphatic carbocycles. The third-order valence-electron chi connectivity index (χ3n) is 5.04. The van der Waals surface area contributed by atoms with Gasteiger partial charge >= 0.3 is 5.97 Å². The Hall–Kier alpha value is -4.38. The fraction of sp³-hybridized carbons (Fsp3) is 0.167. The van der Waals surface area contributed by atoms with Gasteiger partial charge in [0.25, 0.3) is 0 Å². The molecule has 0 atom stereocenters. The Morgan fingerprint density at radius 3 is 2.81 bits per heavy atom. The zero-order valence-electron chi connectivity index (χ0n) is 17.4. The van der Waals surface area contributed by atoms with Gasteiger partial charge in [-0.25, -0.2) is 14.8 Å². The molecule has 0 aliphatic heterocycles. The van der Waals surface area contributed by atoms with E-state index in [1.54, 1.807) is 25.1 Å². The molecule has 160 valence electrons. The highest BCUT2D eigenvalue weighted by atomic mass is 16.5. The van der Waals surface area contributed by atoms with Crippen molar-refractivity contribution in [3.63, 3.8) is 0 Å². The van der Waals surface area contributed by atoms with Crippen molar-refractivity contribution in [2.75, 3.05) is 18.5 Å². The molecule has 0 fully saturated rings. The van der Waals surface area contributed by atoms with Crippen molar-refractivity contribution in [3.8, 4) is 23.1 Å². The van der Waals surface area contributed by atoms with Crippen LogP contribution in [0, 0.1) is 11.3 Å². The van der Waals surface area contributed by atoms with E-state index in [-0.39, 0.29) is 5.56 Å². The van der Waals surface area contributed by atoms with Crippen molar-refractivity contribution in [2.24, 2.45) is 0 Å². The van der Waals surface area contributed by atoms with E-state index in [1.807, 2.05) is 34.9 Å². The van der Waals surface area contributed by atoms with Gasteiger partial charge < -0.3 is 19.7 Å². The minimum absolute atomic E-state index is 0.107. The predicted octanol–water partition coefficient (Wildman–Crippen LogP) is 4.18. The number of nitriles is 1. The summed E-state index contributed by atoms with van der Waals surface area (Å²) < 4.78 is 7.46.